The second-order valence-electron chi connectivity index (χ2n) is 10.3. The molecule has 0 radical (unpaired) electrons. The lowest BCUT2D eigenvalue weighted by molar-refractivity contribution is -0.155. The number of sulfonamides is 1. The molecule has 194 valence electrons. The third-order valence-electron chi connectivity index (χ3n) is 7.60. The lowest BCUT2D eigenvalue weighted by Crippen LogP contribution is -2.58. The van der Waals surface area contributed by atoms with Crippen molar-refractivity contribution < 1.29 is 13.2 Å². The van der Waals surface area contributed by atoms with Gasteiger partial charge in [-0.25, -0.2) is 13.1 Å². The predicted octanol–water partition coefficient (Wildman–Crippen LogP) is 6.35. The molecule has 4 rings (SSSR count). The van der Waals surface area contributed by atoms with Crippen LogP contribution < -0.4 is 4.72 Å². The van der Waals surface area contributed by atoms with E-state index in [0.717, 1.165) is 24.0 Å². The van der Waals surface area contributed by atoms with Crippen LogP contribution in [-0.4, -0.2) is 37.6 Å². The molecule has 1 heterocycles. The summed E-state index contributed by atoms with van der Waals surface area (Å²) in [5.74, 6) is 0.234. The molecule has 4 atom stereocenters. The maximum Gasteiger partial charge on any atom is 0.229 e. The van der Waals surface area contributed by atoms with Crippen LogP contribution in [0, 0.1) is 11.3 Å². The number of nitrogens with one attached hydrogen (secondary N) is 1. The van der Waals surface area contributed by atoms with E-state index in [-0.39, 0.29) is 42.1 Å². The van der Waals surface area contributed by atoms with Gasteiger partial charge in [-0.1, -0.05) is 60.5 Å². The first-order valence-corrected chi connectivity index (χ1v) is 14.9. The Kier molecular flexibility index (Phi) is 8.20. The van der Waals surface area contributed by atoms with Gasteiger partial charge in [-0.15, -0.1) is 6.58 Å². The van der Waals surface area contributed by atoms with Crippen LogP contribution in [0.2, 0.25) is 10.0 Å². The number of carbonyl (C=O) groups is 1. The fraction of sp³-hybridized carbons (Fsp3) is 0.464. The molecular formula is C28H34Cl2N2O3S. The molecular weight excluding hydrogens is 515 g/mol. The van der Waals surface area contributed by atoms with Gasteiger partial charge in [0.15, 0.2) is 0 Å². The summed E-state index contributed by atoms with van der Waals surface area (Å²) in [7, 11) is -3.41. The zero-order valence-corrected chi connectivity index (χ0v) is 23.1. The van der Waals surface area contributed by atoms with Crippen molar-refractivity contribution in [1.82, 2.24) is 9.62 Å². The standard InChI is InChI=1S/C28H34Cl2N2O3S/c1-4-15-28(3)17-24(21-7-6-8-23(30)16-21)26(20-11-13-22(29)14-12-20)32(27(28)33)25(19-9-10-19)18-31-36(34,35)5-2/h4,6-8,11-14,16,19,24-26,31H,1,5,9-10,15,17-18H2,2-3H3/t24?,25-,26-,28+/m1/s1. The molecule has 0 bridgehead atoms. The van der Waals surface area contributed by atoms with Crippen LogP contribution >= 0.6 is 23.2 Å². The summed E-state index contributed by atoms with van der Waals surface area (Å²) in [6.45, 7) is 7.75. The number of amides is 1. The van der Waals surface area contributed by atoms with Gasteiger partial charge in [0.05, 0.1) is 17.2 Å². The Balaban J connectivity index is 1.87. The highest BCUT2D eigenvalue weighted by molar-refractivity contribution is 7.89. The van der Waals surface area contributed by atoms with E-state index in [1.807, 2.05) is 54.3 Å². The molecule has 0 aromatic heterocycles. The molecule has 1 aliphatic carbocycles. The van der Waals surface area contributed by atoms with Crippen molar-refractivity contribution in [1.29, 1.82) is 0 Å². The molecule has 5 nitrogen and oxygen atoms in total. The lowest BCUT2D eigenvalue weighted by Gasteiger charge is -2.52. The third kappa shape index (κ3) is 5.83. The summed E-state index contributed by atoms with van der Waals surface area (Å²) in [5, 5.41) is 1.27. The summed E-state index contributed by atoms with van der Waals surface area (Å²) in [4.78, 5) is 16.3. The van der Waals surface area contributed by atoms with Crippen LogP contribution in [0.5, 0.6) is 0 Å². The maximum atomic E-state index is 14.3. The number of allylic oxidation sites excluding steroid dienone is 1. The van der Waals surface area contributed by atoms with Crippen molar-refractivity contribution in [2.24, 2.45) is 11.3 Å². The summed E-state index contributed by atoms with van der Waals surface area (Å²) in [6, 6.07) is 14.9. The summed E-state index contributed by atoms with van der Waals surface area (Å²) >= 11 is 12.7. The van der Waals surface area contributed by atoms with Crippen molar-refractivity contribution >= 4 is 39.1 Å². The number of nitrogens with zero attached hydrogens (tertiary/aromatic N) is 1. The van der Waals surface area contributed by atoms with Gasteiger partial charge in [-0.3, -0.25) is 4.79 Å². The van der Waals surface area contributed by atoms with Crippen molar-refractivity contribution in [2.45, 2.75) is 57.5 Å². The van der Waals surface area contributed by atoms with Gasteiger partial charge < -0.3 is 4.90 Å². The molecule has 2 fully saturated rings. The Hall–Kier alpha value is -1.86. The highest BCUT2D eigenvalue weighted by Crippen LogP contribution is 2.54. The number of likely N-dealkylation sites (tertiary alicyclic amines) is 1. The van der Waals surface area contributed by atoms with E-state index in [1.54, 1.807) is 13.0 Å². The molecule has 36 heavy (non-hydrogen) atoms. The van der Waals surface area contributed by atoms with Crippen LogP contribution in [0.25, 0.3) is 0 Å². The first-order chi connectivity index (χ1) is 17.1. The Labute approximate surface area is 224 Å². The van der Waals surface area contributed by atoms with Crippen LogP contribution in [-0.2, 0) is 14.8 Å². The molecule has 1 aliphatic heterocycles. The number of carbonyl (C=O) groups excluding carboxylic acids is 1. The largest absolute Gasteiger partial charge is 0.330 e. The average Bonchev–Trinajstić information content (AvgIpc) is 3.68. The van der Waals surface area contributed by atoms with Gasteiger partial charge in [0.2, 0.25) is 15.9 Å². The van der Waals surface area contributed by atoms with E-state index in [2.05, 4.69) is 17.4 Å². The van der Waals surface area contributed by atoms with E-state index < -0.39 is 15.4 Å². The SMILES string of the molecule is C=CC[C@@]1(C)CC(c2cccc(Cl)c2)[C@@H](c2ccc(Cl)cc2)N([C@H](CNS(=O)(=O)CC)C2CC2)C1=O. The van der Waals surface area contributed by atoms with Gasteiger partial charge >= 0.3 is 0 Å². The normalized spacial score (nSPS) is 25.6. The van der Waals surface area contributed by atoms with Crippen molar-refractivity contribution in [3.05, 3.63) is 82.4 Å². The Morgan fingerprint density at radius 1 is 1.14 bits per heavy atom. The van der Waals surface area contributed by atoms with E-state index in [4.69, 9.17) is 23.2 Å². The number of benzene rings is 2. The van der Waals surface area contributed by atoms with E-state index in [1.165, 1.54) is 0 Å². The van der Waals surface area contributed by atoms with Crippen LogP contribution in [0.4, 0.5) is 0 Å². The average molecular weight is 550 g/mol. The minimum absolute atomic E-state index is 0.00172. The molecule has 1 N–H and O–H groups in total. The van der Waals surface area contributed by atoms with Gasteiger partial charge in [-0.2, -0.15) is 0 Å². The molecule has 1 saturated carbocycles. The van der Waals surface area contributed by atoms with Gasteiger partial charge in [0, 0.05) is 28.5 Å². The van der Waals surface area contributed by atoms with Crippen molar-refractivity contribution in [3.8, 4) is 0 Å². The van der Waals surface area contributed by atoms with E-state index in [9.17, 15) is 13.2 Å². The molecule has 1 saturated heterocycles. The van der Waals surface area contributed by atoms with Crippen molar-refractivity contribution in [2.75, 3.05) is 12.3 Å². The van der Waals surface area contributed by atoms with E-state index in [0.29, 0.717) is 22.9 Å². The number of hydrogen-bond acceptors (Lipinski definition) is 3. The second kappa shape index (κ2) is 10.9. The zero-order chi connectivity index (χ0) is 26.1. The first-order valence-electron chi connectivity index (χ1n) is 12.5. The summed E-state index contributed by atoms with van der Waals surface area (Å²) < 4.78 is 27.6. The second-order valence-corrected chi connectivity index (χ2v) is 13.3. The minimum Gasteiger partial charge on any atom is -0.330 e. The van der Waals surface area contributed by atoms with E-state index >= 15 is 0 Å². The molecule has 2 aromatic carbocycles. The monoisotopic (exact) mass is 548 g/mol. The molecule has 0 spiro atoms. The zero-order valence-electron chi connectivity index (χ0n) is 20.8. The van der Waals surface area contributed by atoms with Gasteiger partial charge in [-0.05, 0) is 73.9 Å². The Morgan fingerprint density at radius 3 is 2.42 bits per heavy atom. The number of hydrogen-bond donors (Lipinski definition) is 1. The first kappa shape index (κ1) is 27.2. The Morgan fingerprint density at radius 2 is 1.83 bits per heavy atom. The topological polar surface area (TPSA) is 66.5 Å². The van der Waals surface area contributed by atoms with Crippen LogP contribution in [0.3, 0.4) is 0 Å². The smallest absolute Gasteiger partial charge is 0.229 e. The highest BCUT2D eigenvalue weighted by atomic mass is 35.5. The minimum atomic E-state index is -3.41. The summed E-state index contributed by atoms with van der Waals surface area (Å²) in [6.07, 6.45) is 4.90. The van der Waals surface area contributed by atoms with Crippen LogP contribution in [0.15, 0.2) is 61.2 Å². The molecule has 2 aromatic rings. The quantitative estimate of drug-likeness (QED) is 0.351. The maximum absolute atomic E-state index is 14.3. The predicted molar refractivity (Wildman–Crippen MR) is 147 cm³/mol. The Bertz CT molecular complexity index is 1210. The molecule has 1 unspecified atom stereocenters. The van der Waals surface area contributed by atoms with Crippen molar-refractivity contribution in [3.63, 3.8) is 0 Å². The van der Waals surface area contributed by atoms with Gasteiger partial charge in [0.25, 0.3) is 0 Å². The lowest BCUT2D eigenvalue weighted by atomic mass is 9.67. The molecule has 1 amide bonds. The third-order valence-corrected chi connectivity index (χ3v) is 9.45. The molecule has 2 aliphatic rings. The number of piperidine rings is 1. The molecule has 8 heteroatoms. The van der Waals surface area contributed by atoms with Crippen LogP contribution in [0.1, 0.15) is 62.6 Å². The highest BCUT2D eigenvalue weighted by Gasteiger charge is 2.53. The fourth-order valence-corrected chi connectivity index (χ4v) is 6.49. The number of halogens is 2. The summed E-state index contributed by atoms with van der Waals surface area (Å²) in [5.41, 5.74) is 1.36. The fourth-order valence-electron chi connectivity index (χ4n) is 5.54. The number of rotatable bonds is 10. The van der Waals surface area contributed by atoms with Gasteiger partial charge in [0.1, 0.15) is 0 Å².